The van der Waals surface area contributed by atoms with E-state index in [4.69, 9.17) is 0 Å². The molecule has 4 aromatic rings. The predicted octanol–water partition coefficient (Wildman–Crippen LogP) is 4.06. The fraction of sp³-hybridized carbons (Fsp3) is 0.100. The van der Waals surface area contributed by atoms with E-state index >= 15 is 0 Å². The van der Waals surface area contributed by atoms with Gasteiger partial charge in [-0.1, -0.05) is 48.5 Å². The minimum atomic E-state index is -0.659. The minimum Gasteiger partial charge on any atom is -0.386 e. The van der Waals surface area contributed by atoms with Crippen LogP contribution in [0.4, 0.5) is 0 Å². The molecule has 0 bridgehead atoms. The Hall–Kier alpha value is -2.78. The molecular formula is C20H16N2O. The Morgan fingerprint density at radius 3 is 2.04 bits per heavy atom. The average Bonchev–Trinajstić information content (AvgIpc) is 2.61. The molecule has 0 spiro atoms. The molecule has 3 nitrogen and oxygen atoms in total. The first kappa shape index (κ1) is 13.9. The number of benzene rings is 2. The molecule has 4 rings (SSSR count). The third-order valence-corrected chi connectivity index (χ3v) is 4.02. The summed E-state index contributed by atoms with van der Waals surface area (Å²) in [5, 5.41) is 12.7. The SMILES string of the molecule is OC(Cc1ccc2ccccc2n1)c1ccc2ccccc2n1. The number of para-hydroxylation sites is 2. The van der Waals surface area contributed by atoms with Gasteiger partial charge in [-0.2, -0.15) is 0 Å². The van der Waals surface area contributed by atoms with Crippen LogP contribution >= 0.6 is 0 Å². The predicted molar refractivity (Wildman–Crippen MR) is 92.1 cm³/mol. The Balaban J connectivity index is 1.63. The van der Waals surface area contributed by atoms with E-state index in [0.29, 0.717) is 12.1 Å². The average molecular weight is 300 g/mol. The molecule has 2 heterocycles. The third-order valence-electron chi connectivity index (χ3n) is 4.02. The summed E-state index contributed by atoms with van der Waals surface area (Å²) in [4.78, 5) is 9.17. The molecule has 1 atom stereocenters. The largest absolute Gasteiger partial charge is 0.386 e. The van der Waals surface area contributed by atoms with Crippen LogP contribution < -0.4 is 0 Å². The van der Waals surface area contributed by atoms with Crippen LogP contribution in [0, 0.1) is 0 Å². The summed E-state index contributed by atoms with van der Waals surface area (Å²) in [6.45, 7) is 0. The zero-order chi connectivity index (χ0) is 15.6. The molecule has 112 valence electrons. The molecule has 1 N–H and O–H groups in total. The smallest absolute Gasteiger partial charge is 0.101 e. The highest BCUT2D eigenvalue weighted by molar-refractivity contribution is 5.79. The van der Waals surface area contributed by atoms with Crippen molar-refractivity contribution in [3.63, 3.8) is 0 Å². The maximum absolute atomic E-state index is 10.5. The van der Waals surface area contributed by atoms with Crippen molar-refractivity contribution in [1.82, 2.24) is 9.97 Å². The molecule has 0 aliphatic carbocycles. The van der Waals surface area contributed by atoms with Crippen molar-refractivity contribution in [3.05, 3.63) is 84.2 Å². The lowest BCUT2D eigenvalue weighted by molar-refractivity contribution is 0.173. The maximum atomic E-state index is 10.5. The Morgan fingerprint density at radius 1 is 0.696 bits per heavy atom. The number of fused-ring (bicyclic) bond motifs is 2. The summed E-state index contributed by atoms with van der Waals surface area (Å²) in [6, 6.07) is 23.8. The van der Waals surface area contributed by atoms with Crippen molar-refractivity contribution in [3.8, 4) is 0 Å². The van der Waals surface area contributed by atoms with E-state index in [2.05, 4.69) is 9.97 Å². The standard InChI is InChI=1S/C20H16N2O/c23-20(19-12-10-15-6-2-4-8-18(15)22-19)13-16-11-9-14-5-1-3-7-17(14)21-16/h1-12,20,23H,13H2. The highest BCUT2D eigenvalue weighted by Crippen LogP contribution is 2.20. The number of aromatic nitrogens is 2. The van der Waals surface area contributed by atoms with Crippen LogP contribution in [-0.4, -0.2) is 15.1 Å². The molecule has 2 aromatic heterocycles. The molecule has 0 radical (unpaired) electrons. The molecule has 0 fully saturated rings. The van der Waals surface area contributed by atoms with E-state index in [1.54, 1.807) is 0 Å². The minimum absolute atomic E-state index is 0.455. The summed E-state index contributed by atoms with van der Waals surface area (Å²) in [6.07, 6.45) is -0.204. The molecular weight excluding hydrogens is 284 g/mol. The van der Waals surface area contributed by atoms with E-state index in [9.17, 15) is 5.11 Å². The Morgan fingerprint density at radius 2 is 1.30 bits per heavy atom. The quantitative estimate of drug-likeness (QED) is 0.620. The lowest BCUT2D eigenvalue weighted by Crippen LogP contribution is -2.05. The molecule has 0 aliphatic rings. The van der Waals surface area contributed by atoms with Crippen LogP contribution in [0.15, 0.2) is 72.8 Å². The number of hydrogen-bond acceptors (Lipinski definition) is 3. The van der Waals surface area contributed by atoms with Gasteiger partial charge in [-0.05, 0) is 24.3 Å². The fourth-order valence-corrected chi connectivity index (χ4v) is 2.79. The summed E-state index contributed by atoms with van der Waals surface area (Å²) < 4.78 is 0. The van der Waals surface area contributed by atoms with Gasteiger partial charge in [0.15, 0.2) is 0 Å². The summed E-state index contributed by atoms with van der Waals surface area (Å²) >= 11 is 0. The Bertz CT molecular complexity index is 981. The summed E-state index contributed by atoms with van der Waals surface area (Å²) in [7, 11) is 0. The highest BCUT2D eigenvalue weighted by Gasteiger charge is 2.12. The Kier molecular flexibility index (Phi) is 3.48. The van der Waals surface area contributed by atoms with Crippen LogP contribution in [0.1, 0.15) is 17.5 Å². The first-order valence-electron chi connectivity index (χ1n) is 7.68. The Labute approximate surface area is 134 Å². The molecule has 0 saturated heterocycles. The summed E-state index contributed by atoms with van der Waals surface area (Å²) in [5.74, 6) is 0. The van der Waals surface area contributed by atoms with Crippen LogP contribution in [0.2, 0.25) is 0 Å². The number of aliphatic hydroxyl groups excluding tert-OH is 1. The number of aliphatic hydroxyl groups is 1. The van der Waals surface area contributed by atoms with E-state index in [1.165, 1.54) is 0 Å². The van der Waals surface area contributed by atoms with Crippen molar-refractivity contribution in [2.75, 3.05) is 0 Å². The van der Waals surface area contributed by atoms with Gasteiger partial charge in [0.25, 0.3) is 0 Å². The van der Waals surface area contributed by atoms with E-state index in [0.717, 1.165) is 27.5 Å². The molecule has 3 heteroatoms. The first-order chi connectivity index (χ1) is 11.3. The van der Waals surface area contributed by atoms with Crippen LogP contribution in [0.3, 0.4) is 0 Å². The van der Waals surface area contributed by atoms with Gasteiger partial charge in [0.2, 0.25) is 0 Å². The zero-order valence-electron chi connectivity index (χ0n) is 12.6. The number of pyridine rings is 2. The number of hydrogen-bond donors (Lipinski definition) is 1. The molecule has 2 aromatic carbocycles. The molecule has 0 amide bonds. The topological polar surface area (TPSA) is 46.0 Å². The van der Waals surface area contributed by atoms with E-state index in [1.807, 2.05) is 72.8 Å². The van der Waals surface area contributed by atoms with Gasteiger partial charge in [-0.25, -0.2) is 0 Å². The van der Waals surface area contributed by atoms with Crippen molar-refractivity contribution < 1.29 is 5.11 Å². The summed E-state index contributed by atoms with van der Waals surface area (Å²) in [5.41, 5.74) is 3.39. The maximum Gasteiger partial charge on any atom is 0.101 e. The number of nitrogens with zero attached hydrogens (tertiary/aromatic N) is 2. The molecule has 1 unspecified atom stereocenters. The lowest BCUT2D eigenvalue weighted by Gasteiger charge is -2.11. The molecule has 0 aliphatic heterocycles. The van der Waals surface area contributed by atoms with Crippen LogP contribution in [0.5, 0.6) is 0 Å². The molecule has 23 heavy (non-hydrogen) atoms. The first-order valence-corrected chi connectivity index (χ1v) is 7.68. The number of rotatable bonds is 3. The van der Waals surface area contributed by atoms with Crippen LogP contribution in [-0.2, 0) is 6.42 Å². The van der Waals surface area contributed by atoms with Gasteiger partial charge in [0, 0.05) is 22.9 Å². The van der Waals surface area contributed by atoms with Crippen molar-refractivity contribution >= 4 is 21.8 Å². The lowest BCUT2D eigenvalue weighted by atomic mass is 10.1. The van der Waals surface area contributed by atoms with Crippen LogP contribution in [0.25, 0.3) is 21.8 Å². The second-order valence-corrected chi connectivity index (χ2v) is 5.64. The van der Waals surface area contributed by atoms with Crippen molar-refractivity contribution in [1.29, 1.82) is 0 Å². The van der Waals surface area contributed by atoms with Crippen molar-refractivity contribution in [2.24, 2.45) is 0 Å². The monoisotopic (exact) mass is 300 g/mol. The van der Waals surface area contributed by atoms with E-state index < -0.39 is 6.10 Å². The van der Waals surface area contributed by atoms with Gasteiger partial charge in [0.1, 0.15) is 6.10 Å². The fourth-order valence-electron chi connectivity index (χ4n) is 2.79. The van der Waals surface area contributed by atoms with Gasteiger partial charge in [-0.3, -0.25) is 9.97 Å². The molecule has 0 saturated carbocycles. The van der Waals surface area contributed by atoms with Gasteiger partial charge < -0.3 is 5.11 Å². The van der Waals surface area contributed by atoms with Crippen molar-refractivity contribution in [2.45, 2.75) is 12.5 Å². The normalized spacial score (nSPS) is 12.6. The van der Waals surface area contributed by atoms with Gasteiger partial charge in [0.05, 0.1) is 16.7 Å². The highest BCUT2D eigenvalue weighted by atomic mass is 16.3. The second-order valence-electron chi connectivity index (χ2n) is 5.64. The second kappa shape index (κ2) is 5.78. The van der Waals surface area contributed by atoms with Gasteiger partial charge >= 0.3 is 0 Å². The van der Waals surface area contributed by atoms with Gasteiger partial charge in [-0.15, -0.1) is 0 Å². The zero-order valence-corrected chi connectivity index (χ0v) is 12.6. The van der Waals surface area contributed by atoms with E-state index in [-0.39, 0.29) is 0 Å². The third kappa shape index (κ3) is 2.79.